The molecule has 99 valence electrons. The minimum Gasteiger partial charge on any atom is -0.311 e. The molecule has 1 saturated heterocycles. The zero-order chi connectivity index (χ0) is 12.7. The summed E-state index contributed by atoms with van der Waals surface area (Å²) < 4.78 is 0. The van der Waals surface area contributed by atoms with E-state index in [1.807, 2.05) is 13.8 Å². The summed E-state index contributed by atoms with van der Waals surface area (Å²) in [5.41, 5.74) is -0.315. The lowest BCUT2D eigenvalue weighted by Gasteiger charge is -2.36. The van der Waals surface area contributed by atoms with E-state index in [1.165, 1.54) is 25.8 Å². The van der Waals surface area contributed by atoms with Crippen molar-refractivity contribution in [2.24, 2.45) is 5.41 Å². The summed E-state index contributed by atoms with van der Waals surface area (Å²) in [6.07, 6.45) is 6.94. The molecule has 3 nitrogen and oxygen atoms in total. The van der Waals surface area contributed by atoms with Gasteiger partial charge >= 0.3 is 0 Å². The maximum absolute atomic E-state index is 10.8. The smallest absolute Gasteiger partial charge is 0.204 e. The van der Waals surface area contributed by atoms with Crippen molar-refractivity contribution in [3.8, 4) is 0 Å². The molecular formula is C14H27N2O. The topological polar surface area (TPSA) is 32.3 Å². The third kappa shape index (κ3) is 5.64. The molecule has 1 heterocycles. The lowest BCUT2D eigenvalue weighted by Crippen LogP contribution is -2.52. The quantitative estimate of drug-likeness (QED) is 0.690. The number of nitrogens with zero attached hydrogens (tertiary/aromatic N) is 1. The van der Waals surface area contributed by atoms with E-state index in [9.17, 15) is 4.79 Å². The van der Waals surface area contributed by atoms with Gasteiger partial charge in [-0.25, -0.2) is 0 Å². The molecule has 3 heteroatoms. The van der Waals surface area contributed by atoms with Gasteiger partial charge < -0.3 is 10.2 Å². The van der Waals surface area contributed by atoms with Crippen molar-refractivity contribution < 1.29 is 4.79 Å². The van der Waals surface area contributed by atoms with Gasteiger partial charge in [-0.15, -0.1) is 0 Å². The second-order valence-electron chi connectivity index (χ2n) is 5.85. The highest BCUT2D eigenvalue weighted by atomic mass is 16.1. The number of hydrogen-bond donors (Lipinski definition) is 1. The molecule has 1 radical (unpaired) electrons. The molecule has 0 saturated carbocycles. The Bertz CT molecular complexity index is 228. The van der Waals surface area contributed by atoms with Crippen molar-refractivity contribution in [3.63, 3.8) is 0 Å². The zero-order valence-corrected chi connectivity index (χ0v) is 11.6. The Kier molecular flexibility index (Phi) is 6.14. The third-order valence-electron chi connectivity index (χ3n) is 3.45. The monoisotopic (exact) mass is 239 g/mol. The van der Waals surface area contributed by atoms with Gasteiger partial charge in [0.1, 0.15) is 0 Å². The lowest BCUT2D eigenvalue weighted by molar-refractivity contribution is 0.176. The Morgan fingerprint density at radius 2 is 2.18 bits per heavy atom. The van der Waals surface area contributed by atoms with E-state index in [1.54, 1.807) is 0 Å². The van der Waals surface area contributed by atoms with Crippen molar-refractivity contribution in [3.05, 3.63) is 0 Å². The predicted molar refractivity (Wildman–Crippen MR) is 71.8 cm³/mol. The number of rotatable bonds is 7. The molecule has 0 amide bonds. The molecule has 0 aromatic heterocycles. The fourth-order valence-electron chi connectivity index (χ4n) is 2.48. The highest BCUT2D eigenvalue weighted by Crippen LogP contribution is 2.20. The summed E-state index contributed by atoms with van der Waals surface area (Å²) in [5.74, 6) is 0. The molecule has 1 unspecified atom stereocenters. The van der Waals surface area contributed by atoms with Crippen LogP contribution in [-0.2, 0) is 4.79 Å². The predicted octanol–water partition coefficient (Wildman–Crippen LogP) is 1.98. The van der Waals surface area contributed by atoms with Crippen LogP contribution in [0.1, 0.15) is 46.5 Å². The van der Waals surface area contributed by atoms with Gasteiger partial charge in [0, 0.05) is 31.1 Å². The van der Waals surface area contributed by atoms with Gasteiger partial charge in [-0.3, -0.25) is 4.79 Å². The van der Waals surface area contributed by atoms with E-state index < -0.39 is 0 Å². The summed E-state index contributed by atoms with van der Waals surface area (Å²) in [5, 5.41) is 3.51. The summed E-state index contributed by atoms with van der Waals surface area (Å²) in [6.45, 7) is 10.7. The summed E-state index contributed by atoms with van der Waals surface area (Å²) in [7, 11) is 0. The largest absolute Gasteiger partial charge is 0.311 e. The van der Waals surface area contributed by atoms with Crippen LogP contribution in [0.3, 0.4) is 0 Å². The van der Waals surface area contributed by atoms with Gasteiger partial charge in [-0.1, -0.05) is 33.6 Å². The maximum Gasteiger partial charge on any atom is 0.204 e. The molecule has 0 bridgehead atoms. The molecule has 17 heavy (non-hydrogen) atoms. The number of unbranched alkanes of at least 4 members (excludes halogenated alkanes) is 2. The molecule has 1 fully saturated rings. The van der Waals surface area contributed by atoms with E-state index in [0.717, 1.165) is 26.1 Å². The molecule has 0 aromatic carbocycles. The average molecular weight is 239 g/mol. The van der Waals surface area contributed by atoms with Crippen LogP contribution in [-0.4, -0.2) is 43.4 Å². The van der Waals surface area contributed by atoms with Crippen LogP contribution in [0.25, 0.3) is 0 Å². The SMILES string of the molecule is CCCCCN1CCNC(CC(C)(C)[C]=O)C1. The van der Waals surface area contributed by atoms with Gasteiger partial charge in [0.15, 0.2) is 0 Å². The van der Waals surface area contributed by atoms with E-state index in [2.05, 4.69) is 23.4 Å². The van der Waals surface area contributed by atoms with Gasteiger partial charge in [-0.2, -0.15) is 0 Å². The van der Waals surface area contributed by atoms with Crippen molar-refractivity contribution in [1.82, 2.24) is 10.2 Å². The lowest BCUT2D eigenvalue weighted by atomic mass is 9.86. The highest BCUT2D eigenvalue weighted by molar-refractivity contribution is 5.58. The molecule has 1 atom stereocenters. The minimum absolute atomic E-state index is 0.315. The molecule has 1 rings (SSSR count). The van der Waals surface area contributed by atoms with Crippen LogP contribution >= 0.6 is 0 Å². The third-order valence-corrected chi connectivity index (χ3v) is 3.45. The van der Waals surface area contributed by atoms with Crippen LogP contribution in [0.4, 0.5) is 0 Å². The Balaban J connectivity index is 2.30. The first-order valence-corrected chi connectivity index (χ1v) is 6.92. The van der Waals surface area contributed by atoms with E-state index in [4.69, 9.17) is 0 Å². The van der Waals surface area contributed by atoms with E-state index in [0.29, 0.717) is 6.04 Å². The summed E-state index contributed by atoms with van der Waals surface area (Å²) >= 11 is 0. The van der Waals surface area contributed by atoms with Crippen molar-refractivity contribution in [2.45, 2.75) is 52.5 Å². The minimum atomic E-state index is -0.315. The second kappa shape index (κ2) is 7.12. The molecule has 0 aromatic rings. The summed E-state index contributed by atoms with van der Waals surface area (Å²) in [6, 6.07) is 0.446. The van der Waals surface area contributed by atoms with Crippen LogP contribution in [0.5, 0.6) is 0 Å². The van der Waals surface area contributed by atoms with Gasteiger partial charge in [0.25, 0.3) is 0 Å². The first kappa shape index (κ1) is 14.7. The Hall–Kier alpha value is -0.410. The number of carbonyl (C=O) groups excluding carboxylic acids is 1. The Morgan fingerprint density at radius 1 is 1.41 bits per heavy atom. The zero-order valence-electron chi connectivity index (χ0n) is 11.6. The summed E-state index contributed by atoms with van der Waals surface area (Å²) in [4.78, 5) is 13.4. The van der Waals surface area contributed by atoms with Crippen LogP contribution in [0.15, 0.2) is 0 Å². The first-order valence-electron chi connectivity index (χ1n) is 6.92. The Morgan fingerprint density at radius 3 is 2.82 bits per heavy atom. The van der Waals surface area contributed by atoms with Crippen LogP contribution < -0.4 is 5.32 Å². The van der Waals surface area contributed by atoms with E-state index in [-0.39, 0.29) is 5.41 Å². The number of piperazine rings is 1. The van der Waals surface area contributed by atoms with Gasteiger partial charge in [-0.05, 0) is 19.4 Å². The van der Waals surface area contributed by atoms with Crippen molar-refractivity contribution in [2.75, 3.05) is 26.2 Å². The molecule has 0 aliphatic carbocycles. The normalized spacial score (nSPS) is 22.6. The molecular weight excluding hydrogens is 212 g/mol. The van der Waals surface area contributed by atoms with Gasteiger partial charge in [0.2, 0.25) is 6.29 Å². The van der Waals surface area contributed by atoms with Crippen LogP contribution in [0, 0.1) is 5.41 Å². The first-order chi connectivity index (χ1) is 8.07. The van der Waals surface area contributed by atoms with Crippen molar-refractivity contribution in [1.29, 1.82) is 0 Å². The standard InChI is InChI=1S/C14H27N2O/c1-4-5-6-8-16-9-7-15-13(11-16)10-14(2,3)12-17/h13,15H,4-11H2,1-3H3. The van der Waals surface area contributed by atoms with Gasteiger partial charge in [0.05, 0.1) is 0 Å². The second-order valence-corrected chi connectivity index (χ2v) is 5.85. The van der Waals surface area contributed by atoms with Crippen LogP contribution in [0.2, 0.25) is 0 Å². The molecule has 1 aliphatic rings. The maximum atomic E-state index is 10.8. The van der Waals surface area contributed by atoms with Crippen molar-refractivity contribution >= 4 is 6.29 Å². The number of nitrogens with one attached hydrogen (secondary N) is 1. The van der Waals surface area contributed by atoms with E-state index >= 15 is 0 Å². The number of hydrogen-bond acceptors (Lipinski definition) is 3. The molecule has 0 spiro atoms. The fraction of sp³-hybridized carbons (Fsp3) is 0.929. The molecule has 1 N–H and O–H groups in total. The highest BCUT2D eigenvalue weighted by Gasteiger charge is 2.27. The Labute approximate surface area is 106 Å². The average Bonchev–Trinajstić information content (AvgIpc) is 2.29. The molecule has 1 aliphatic heterocycles. The fourth-order valence-corrected chi connectivity index (χ4v) is 2.48.